The van der Waals surface area contributed by atoms with Crippen LogP contribution in [0, 0.1) is 11.3 Å². The summed E-state index contributed by atoms with van der Waals surface area (Å²) in [6.07, 6.45) is 1.43. The average molecular weight is 259 g/mol. The molecule has 0 aromatic heterocycles. The lowest BCUT2D eigenvalue weighted by Gasteiger charge is -2.25. The summed E-state index contributed by atoms with van der Waals surface area (Å²) in [5.74, 6) is -0.407. The summed E-state index contributed by atoms with van der Waals surface area (Å²) in [6.45, 7) is 10.9. The number of ether oxygens (including phenoxy) is 2. The van der Waals surface area contributed by atoms with Crippen molar-refractivity contribution in [1.82, 2.24) is 0 Å². The lowest BCUT2D eigenvalue weighted by Crippen LogP contribution is -2.31. The fraction of sp³-hybridized carbons (Fsp3) is 0.929. The Morgan fingerprint density at radius 1 is 1.22 bits per heavy atom. The molecule has 0 aliphatic heterocycles. The molecule has 1 unspecified atom stereocenters. The Kier molecular flexibility index (Phi) is 6.86. The highest BCUT2D eigenvalue weighted by Gasteiger charge is 2.25. The first-order valence-electron chi connectivity index (χ1n) is 6.53. The maximum Gasteiger partial charge on any atom is 0.310 e. The Morgan fingerprint density at radius 3 is 2.17 bits per heavy atom. The summed E-state index contributed by atoms with van der Waals surface area (Å²) in [4.78, 5) is 11.9. The zero-order valence-electron chi connectivity index (χ0n) is 12.7. The molecule has 4 nitrogen and oxygen atoms in total. The van der Waals surface area contributed by atoms with Crippen LogP contribution in [0.15, 0.2) is 0 Å². The van der Waals surface area contributed by atoms with Crippen LogP contribution in [-0.4, -0.2) is 31.8 Å². The summed E-state index contributed by atoms with van der Waals surface area (Å²) in [7, 11) is 1.66. The molecule has 0 heterocycles. The molecular weight excluding hydrogens is 230 g/mol. The van der Waals surface area contributed by atoms with E-state index >= 15 is 0 Å². The van der Waals surface area contributed by atoms with E-state index in [4.69, 9.17) is 15.2 Å². The molecule has 0 spiro atoms. The van der Waals surface area contributed by atoms with Gasteiger partial charge < -0.3 is 15.2 Å². The number of carbonyl (C=O) groups is 1. The molecule has 0 amide bonds. The van der Waals surface area contributed by atoms with Gasteiger partial charge in [0.2, 0.25) is 0 Å². The zero-order valence-corrected chi connectivity index (χ0v) is 12.7. The predicted molar refractivity (Wildman–Crippen MR) is 73.3 cm³/mol. The number of hydrogen-bond acceptors (Lipinski definition) is 4. The first-order valence-corrected chi connectivity index (χ1v) is 6.53. The van der Waals surface area contributed by atoms with Crippen molar-refractivity contribution in [2.45, 2.75) is 53.1 Å². The van der Waals surface area contributed by atoms with Gasteiger partial charge in [0, 0.05) is 20.1 Å². The van der Waals surface area contributed by atoms with Crippen molar-refractivity contribution in [3.8, 4) is 0 Å². The molecule has 0 rings (SSSR count). The molecule has 108 valence electrons. The number of nitrogens with two attached hydrogens (primary N) is 1. The van der Waals surface area contributed by atoms with Crippen LogP contribution in [0.2, 0.25) is 0 Å². The van der Waals surface area contributed by atoms with Gasteiger partial charge in [-0.3, -0.25) is 4.79 Å². The van der Waals surface area contributed by atoms with Gasteiger partial charge in [0.15, 0.2) is 0 Å². The van der Waals surface area contributed by atoms with Gasteiger partial charge in [-0.25, -0.2) is 0 Å². The first-order chi connectivity index (χ1) is 8.11. The second-order valence-corrected chi connectivity index (χ2v) is 6.58. The predicted octanol–water partition coefficient (Wildman–Crippen LogP) is 2.36. The lowest BCUT2D eigenvalue weighted by molar-refractivity contribution is -0.150. The summed E-state index contributed by atoms with van der Waals surface area (Å²) in [5, 5.41) is 0. The van der Waals surface area contributed by atoms with E-state index in [1.54, 1.807) is 7.11 Å². The Hall–Kier alpha value is -0.610. The van der Waals surface area contributed by atoms with Gasteiger partial charge >= 0.3 is 5.97 Å². The van der Waals surface area contributed by atoms with Gasteiger partial charge in [-0.1, -0.05) is 20.8 Å². The van der Waals surface area contributed by atoms with Gasteiger partial charge in [-0.2, -0.15) is 0 Å². The fourth-order valence-corrected chi connectivity index (χ4v) is 1.62. The monoisotopic (exact) mass is 259 g/mol. The average Bonchev–Trinajstić information content (AvgIpc) is 2.24. The summed E-state index contributed by atoms with van der Waals surface area (Å²) < 4.78 is 10.6. The molecule has 0 aliphatic rings. The maximum absolute atomic E-state index is 11.9. The Labute approximate surface area is 111 Å². The third kappa shape index (κ3) is 7.67. The minimum absolute atomic E-state index is 0.0782. The quantitative estimate of drug-likeness (QED) is 0.713. The number of hydrogen-bond donors (Lipinski definition) is 1. The van der Waals surface area contributed by atoms with Crippen molar-refractivity contribution in [2.75, 3.05) is 20.3 Å². The van der Waals surface area contributed by atoms with Crippen LogP contribution in [0.4, 0.5) is 0 Å². The van der Waals surface area contributed by atoms with Crippen LogP contribution in [0.3, 0.4) is 0 Å². The SMILES string of the molecule is COC(C)(C)CCOC(=O)C(CN)CC(C)(C)C. The van der Waals surface area contributed by atoms with Crippen LogP contribution in [-0.2, 0) is 14.3 Å². The van der Waals surface area contributed by atoms with Crippen LogP contribution in [0.25, 0.3) is 0 Å². The first kappa shape index (κ1) is 17.4. The van der Waals surface area contributed by atoms with E-state index in [2.05, 4.69) is 20.8 Å². The summed E-state index contributed by atoms with van der Waals surface area (Å²) in [5.41, 5.74) is 5.46. The zero-order chi connectivity index (χ0) is 14.4. The number of rotatable bonds is 7. The van der Waals surface area contributed by atoms with Crippen molar-refractivity contribution in [2.24, 2.45) is 17.1 Å². The molecule has 1 atom stereocenters. The molecule has 0 bridgehead atoms. The third-order valence-electron chi connectivity index (χ3n) is 2.98. The van der Waals surface area contributed by atoms with Gasteiger partial charge in [0.05, 0.1) is 18.1 Å². The summed E-state index contributed by atoms with van der Waals surface area (Å²) in [6, 6.07) is 0. The second kappa shape index (κ2) is 7.10. The van der Waals surface area contributed by atoms with E-state index in [-0.39, 0.29) is 22.9 Å². The van der Waals surface area contributed by atoms with E-state index in [0.717, 1.165) is 6.42 Å². The Morgan fingerprint density at radius 2 is 1.78 bits per heavy atom. The van der Waals surface area contributed by atoms with E-state index in [9.17, 15) is 4.79 Å². The van der Waals surface area contributed by atoms with Gasteiger partial charge in [0.1, 0.15) is 0 Å². The lowest BCUT2D eigenvalue weighted by atomic mass is 9.85. The highest BCUT2D eigenvalue weighted by atomic mass is 16.5. The standard InChI is InChI=1S/C14H29NO3/c1-13(2,3)9-11(10-15)12(16)18-8-7-14(4,5)17-6/h11H,7-10,15H2,1-6H3. The van der Waals surface area contributed by atoms with Crippen molar-refractivity contribution >= 4 is 5.97 Å². The van der Waals surface area contributed by atoms with Gasteiger partial charge in [-0.15, -0.1) is 0 Å². The molecule has 0 saturated carbocycles. The normalized spacial score (nSPS) is 14.4. The molecule has 0 saturated heterocycles. The van der Waals surface area contributed by atoms with Gasteiger partial charge in [-0.05, 0) is 25.7 Å². The van der Waals surface area contributed by atoms with Crippen LogP contribution in [0.1, 0.15) is 47.5 Å². The molecule has 2 N–H and O–H groups in total. The number of esters is 1. The largest absolute Gasteiger partial charge is 0.465 e. The molecule has 18 heavy (non-hydrogen) atoms. The van der Waals surface area contributed by atoms with Crippen LogP contribution < -0.4 is 5.73 Å². The maximum atomic E-state index is 11.9. The van der Waals surface area contributed by atoms with E-state index in [0.29, 0.717) is 19.6 Å². The van der Waals surface area contributed by atoms with Crippen molar-refractivity contribution < 1.29 is 14.3 Å². The van der Waals surface area contributed by atoms with E-state index < -0.39 is 0 Å². The molecule has 0 aromatic rings. The minimum atomic E-state index is -0.261. The van der Waals surface area contributed by atoms with Crippen molar-refractivity contribution in [3.63, 3.8) is 0 Å². The summed E-state index contributed by atoms with van der Waals surface area (Å²) >= 11 is 0. The fourth-order valence-electron chi connectivity index (χ4n) is 1.62. The smallest absolute Gasteiger partial charge is 0.310 e. The molecular formula is C14H29NO3. The van der Waals surface area contributed by atoms with E-state index in [1.165, 1.54) is 0 Å². The van der Waals surface area contributed by atoms with Crippen LogP contribution in [0.5, 0.6) is 0 Å². The van der Waals surface area contributed by atoms with Crippen molar-refractivity contribution in [3.05, 3.63) is 0 Å². The topological polar surface area (TPSA) is 61.5 Å². The molecule has 0 aliphatic carbocycles. The highest BCUT2D eigenvalue weighted by Crippen LogP contribution is 2.24. The van der Waals surface area contributed by atoms with Gasteiger partial charge in [0.25, 0.3) is 0 Å². The highest BCUT2D eigenvalue weighted by molar-refractivity contribution is 5.72. The van der Waals surface area contributed by atoms with Crippen LogP contribution >= 0.6 is 0 Å². The molecule has 0 fully saturated rings. The number of methoxy groups -OCH3 is 1. The Balaban J connectivity index is 4.14. The molecule has 0 aromatic carbocycles. The molecule has 4 heteroatoms. The second-order valence-electron chi connectivity index (χ2n) is 6.58. The van der Waals surface area contributed by atoms with Crippen molar-refractivity contribution in [1.29, 1.82) is 0 Å². The van der Waals surface area contributed by atoms with E-state index in [1.807, 2.05) is 13.8 Å². The third-order valence-corrected chi connectivity index (χ3v) is 2.98. The Bertz CT molecular complexity index is 256. The number of carbonyl (C=O) groups excluding carboxylic acids is 1. The minimum Gasteiger partial charge on any atom is -0.465 e. The molecule has 0 radical (unpaired) electrons.